The van der Waals surface area contributed by atoms with Crippen LogP contribution >= 0.6 is 0 Å². The van der Waals surface area contributed by atoms with Crippen LogP contribution in [0.15, 0.2) is 54.7 Å². The number of rotatable bonds is 3. The standard InChI is InChI=1S/C17H11N3O3/c18-10-13-11-19(16-4-2-1-3-15(13)16)17(21)9-12-5-7-14(8-6-12)20(22)23/h1-8,11H,9H2. The van der Waals surface area contributed by atoms with Gasteiger partial charge >= 0.3 is 0 Å². The number of nitrogens with zero attached hydrogens (tertiary/aromatic N) is 3. The number of aromatic nitrogens is 1. The fourth-order valence-electron chi connectivity index (χ4n) is 2.47. The molecule has 0 bridgehead atoms. The lowest BCUT2D eigenvalue weighted by Gasteiger charge is -2.04. The molecule has 0 saturated heterocycles. The first-order valence-electron chi connectivity index (χ1n) is 6.87. The van der Waals surface area contributed by atoms with Crippen molar-refractivity contribution in [3.05, 3.63) is 76.0 Å². The molecule has 0 aliphatic heterocycles. The lowest BCUT2D eigenvalue weighted by molar-refractivity contribution is -0.384. The van der Waals surface area contributed by atoms with Crippen molar-refractivity contribution in [2.75, 3.05) is 0 Å². The van der Waals surface area contributed by atoms with Gasteiger partial charge in [0.05, 0.1) is 22.4 Å². The van der Waals surface area contributed by atoms with Gasteiger partial charge in [-0.1, -0.05) is 30.3 Å². The molecule has 3 rings (SSSR count). The molecule has 0 unspecified atom stereocenters. The van der Waals surface area contributed by atoms with E-state index in [2.05, 4.69) is 6.07 Å². The third kappa shape index (κ3) is 2.68. The zero-order valence-corrected chi connectivity index (χ0v) is 12.0. The Labute approximate surface area is 131 Å². The third-order valence-corrected chi connectivity index (χ3v) is 3.60. The molecule has 6 nitrogen and oxygen atoms in total. The van der Waals surface area contributed by atoms with Gasteiger partial charge in [0.1, 0.15) is 6.07 Å². The third-order valence-electron chi connectivity index (χ3n) is 3.60. The number of carbonyl (C=O) groups is 1. The van der Waals surface area contributed by atoms with E-state index in [-0.39, 0.29) is 18.0 Å². The summed E-state index contributed by atoms with van der Waals surface area (Å²) in [5.41, 5.74) is 1.78. The van der Waals surface area contributed by atoms with Crippen LogP contribution in [0, 0.1) is 21.4 Å². The number of nitro benzene ring substituents is 1. The van der Waals surface area contributed by atoms with Crippen molar-refractivity contribution in [2.24, 2.45) is 0 Å². The van der Waals surface area contributed by atoms with E-state index in [0.29, 0.717) is 16.6 Å². The summed E-state index contributed by atoms with van der Waals surface area (Å²) in [6.07, 6.45) is 1.62. The maximum Gasteiger partial charge on any atom is 0.269 e. The summed E-state index contributed by atoms with van der Waals surface area (Å²) < 4.78 is 1.45. The highest BCUT2D eigenvalue weighted by Crippen LogP contribution is 2.21. The number of nitro groups is 1. The van der Waals surface area contributed by atoms with Crippen molar-refractivity contribution in [3.8, 4) is 6.07 Å². The lowest BCUT2D eigenvalue weighted by atomic mass is 10.1. The number of hydrogen-bond acceptors (Lipinski definition) is 4. The molecular weight excluding hydrogens is 294 g/mol. The number of nitriles is 1. The zero-order valence-electron chi connectivity index (χ0n) is 12.0. The summed E-state index contributed by atoms with van der Waals surface area (Å²) in [5.74, 6) is -0.198. The molecule has 1 heterocycles. The van der Waals surface area contributed by atoms with Gasteiger partial charge in [-0.3, -0.25) is 19.5 Å². The van der Waals surface area contributed by atoms with Crippen LogP contribution in [0.1, 0.15) is 15.9 Å². The first-order chi connectivity index (χ1) is 11.1. The first kappa shape index (κ1) is 14.5. The molecule has 0 amide bonds. The van der Waals surface area contributed by atoms with E-state index in [1.807, 2.05) is 6.07 Å². The largest absolute Gasteiger partial charge is 0.286 e. The second-order valence-corrected chi connectivity index (χ2v) is 5.04. The highest BCUT2D eigenvalue weighted by atomic mass is 16.6. The summed E-state index contributed by atoms with van der Waals surface area (Å²) >= 11 is 0. The molecule has 6 heteroatoms. The maximum atomic E-state index is 12.5. The molecule has 0 aliphatic carbocycles. The van der Waals surface area contributed by atoms with E-state index < -0.39 is 4.92 Å². The van der Waals surface area contributed by atoms with Gasteiger partial charge in [-0.15, -0.1) is 0 Å². The van der Waals surface area contributed by atoms with Crippen LogP contribution in [0.4, 0.5) is 5.69 Å². The fourth-order valence-corrected chi connectivity index (χ4v) is 2.47. The second kappa shape index (κ2) is 5.73. The van der Waals surface area contributed by atoms with Crippen LogP contribution in [-0.4, -0.2) is 15.4 Å². The summed E-state index contributed by atoms with van der Waals surface area (Å²) in [7, 11) is 0. The summed E-state index contributed by atoms with van der Waals surface area (Å²) in [5, 5.41) is 20.5. The Morgan fingerprint density at radius 3 is 2.52 bits per heavy atom. The van der Waals surface area contributed by atoms with Crippen molar-refractivity contribution in [1.82, 2.24) is 4.57 Å². The Balaban J connectivity index is 1.92. The van der Waals surface area contributed by atoms with Gasteiger partial charge in [0.15, 0.2) is 0 Å². The molecule has 0 N–H and O–H groups in total. The van der Waals surface area contributed by atoms with Gasteiger partial charge in [-0.05, 0) is 11.6 Å². The topological polar surface area (TPSA) is 88.9 Å². The van der Waals surface area contributed by atoms with E-state index in [1.54, 1.807) is 30.3 Å². The van der Waals surface area contributed by atoms with Crippen molar-refractivity contribution in [3.63, 3.8) is 0 Å². The quantitative estimate of drug-likeness (QED) is 0.548. The van der Waals surface area contributed by atoms with E-state index in [9.17, 15) is 14.9 Å². The van der Waals surface area contributed by atoms with Gasteiger partial charge < -0.3 is 0 Å². The van der Waals surface area contributed by atoms with Crippen molar-refractivity contribution in [1.29, 1.82) is 5.26 Å². The van der Waals surface area contributed by atoms with Gasteiger partial charge in [0, 0.05) is 23.7 Å². The molecule has 0 fully saturated rings. The van der Waals surface area contributed by atoms with E-state index >= 15 is 0 Å². The Morgan fingerprint density at radius 2 is 1.87 bits per heavy atom. The van der Waals surface area contributed by atoms with Gasteiger partial charge in [-0.2, -0.15) is 5.26 Å². The molecule has 1 aromatic heterocycles. The number of carbonyl (C=O) groups excluding carboxylic acids is 1. The number of fused-ring (bicyclic) bond motifs is 1. The fraction of sp³-hybridized carbons (Fsp3) is 0.0588. The van der Waals surface area contributed by atoms with Crippen LogP contribution in [0.5, 0.6) is 0 Å². The first-order valence-corrected chi connectivity index (χ1v) is 6.87. The maximum absolute atomic E-state index is 12.5. The van der Waals surface area contributed by atoms with Crippen LogP contribution in [0.3, 0.4) is 0 Å². The van der Waals surface area contributed by atoms with Gasteiger partial charge in [-0.25, -0.2) is 0 Å². The number of para-hydroxylation sites is 1. The highest BCUT2D eigenvalue weighted by molar-refractivity contribution is 5.96. The minimum Gasteiger partial charge on any atom is -0.286 e. The van der Waals surface area contributed by atoms with Crippen LogP contribution < -0.4 is 0 Å². The molecule has 0 radical (unpaired) electrons. The number of hydrogen-bond donors (Lipinski definition) is 0. The Kier molecular flexibility index (Phi) is 3.61. The number of non-ortho nitro benzene ring substituents is 1. The molecule has 112 valence electrons. The molecule has 0 aliphatic rings. The number of benzene rings is 2. The molecule has 3 aromatic rings. The molecule has 0 spiro atoms. The van der Waals surface area contributed by atoms with Gasteiger partial charge in [0.25, 0.3) is 5.69 Å². The zero-order chi connectivity index (χ0) is 16.4. The van der Waals surface area contributed by atoms with Crippen LogP contribution in [0.25, 0.3) is 10.9 Å². The smallest absolute Gasteiger partial charge is 0.269 e. The molecule has 23 heavy (non-hydrogen) atoms. The Bertz CT molecular complexity index is 949. The minimum absolute atomic E-state index is 0.0145. The van der Waals surface area contributed by atoms with E-state index in [1.165, 1.54) is 22.9 Å². The van der Waals surface area contributed by atoms with Crippen molar-refractivity contribution >= 4 is 22.5 Å². The predicted molar refractivity (Wildman–Crippen MR) is 84.1 cm³/mol. The second-order valence-electron chi connectivity index (χ2n) is 5.04. The average Bonchev–Trinajstić information content (AvgIpc) is 2.94. The van der Waals surface area contributed by atoms with E-state index in [4.69, 9.17) is 5.26 Å². The van der Waals surface area contributed by atoms with Crippen molar-refractivity contribution < 1.29 is 9.72 Å². The SMILES string of the molecule is N#Cc1cn(C(=O)Cc2ccc([N+](=O)[O-])cc2)c2ccccc12. The minimum atomic E-state index is -0.482. The average molecular weight is 305 g/mol. The highest BCUT2D eigenvalue weighted by Gasteiger charge is 2.14. The normalized spacial score (nSPS) is 10.4. The molecular formula is C17H11N3O3. The summed E-state index contributed by atoms with van der Waals surface area (Å²) in [6.45, 7) is 0. The van der Waals surface area contributed by atoms with Crippen molar-refractivity contribution in [2.45, 2.75) is 6.42 Å². The monoisotopic (exact) mass is 305 g/mol. The molecule has 0 saturated carbocycles. The lowest BCUT2D eigenvalue weighted by Crippen LogP contribution is -2.12. The Morgan fingerprint density at radius 1 is 1.17 bits per heavy atom. The van der Waals surface area contributed by atoms with Crippen LogP contribution in [-0.2, 0) is 6.42 Å². The molecule has 0 atom stereocenters. The van der Waals surface area contributed by atoms with Crippen LogP contribution in [0.2, 0.25) is 0 Å². The Hall–Kier alpha value is -3.46. The molecule has 2 aromatic carbocycles. The van der Waals surface area contributed by atoms with Gasteiger partial charge in [0.2, 0.25) is 5.91 Å². The predicted octanol–water partition coefficient (Wildman–Crippen LogP) is 3.30. The van der Waals surface area contributed by atoms with E-state index in [0.717, 1.165) is 5.39 Å². The summed E-state index contributed by atoms with van der Waals surface area (Å²) in [6, 6.07) is 15.1. The summed E-state index contributed by atoms with van der Waals surface area (Å²) in [4.78, 5) is 22.7.